The Morgan fingerprint density at radius 1 is 1.31 bits per heavy atom. The Hall–Kier alpha value is -1.10. The van der Waals surface area contributed by atoms with Crippen LogP contribution in [0.1, 0.15) is 13.8 Å². The minimum Gasteiger partial charge on any atom is -0.394 e. The summed E-state index contributed by atoms with van der Waals surface area (Å²) < 4.78 is 0. The maximum absolute atomic E-state index is 11.5. The Bertz CT molecular complexity index is 207. The van der Waals surface area contributed by atoms with Gasteiger partial charge in [0.1, 0.15) is 6.04 Å². The van der Waals surface area contributed by atoms with Gasteiger partial charge in [-0.25, -0.2) is 4.79 Å². The third kappa shape index (κ3) is 1.39. The highest BCUT2D eigenvalue weighted by Crippen LogP contribution is 2.16. The van der Waals surface area contributed by atoms with Crippen molar-refractivity contribution in [3.63, 3.8) is 0 Å². The Morgan fingerprint density at radius 2 is 1.92 bits per heavy atom. The Morgan fingerprint density at radius 3 is 2.23 bits per heavy atom. The summed E-state index contributed by atoms with van der Waals surface area (Å²) in [6.07, 6.45) is 0. The molecule has 0 bridgehead atoms. The van der Waals surface area contributed by atoms with Crippen LogP contribution >= 0.6 is 0 Å². The first-order valence-corrected chi connectivity index (χ1v) is 4.40. The molecule has 1 aliphatic heterocycles. The van der Waals surface area contributed by atoms with E-state index in [1.807, 2.05) is 0 Å². The monoisotopic (exact) mass is 186 g/mol. The van der Waals surface area contributed by atoms with Crippen molar-refractivity contribution >= 4 is 11.9 Å². The molecule has 1 unspecified atom stereocenters. The van der Waals surface area contributed by atoms with Crippen molar-refractivity contribution in [1.29, 1.82) is 0 Å². The molecule has 0 aromatic carbocycles. The summed E-state index contributed by atoms with van der Waals surface area (Å²) >= 11 is 0. The molecule has 0 radical (unpaired) electrons. The number of likely N-dealkylation sites (N-methyl/N-ethyl adjacent to an activating group) is 2. The zero-order valence-corrected chi connectivity index (χ0v) is 7.86. The van der Waals surface area contributed by atoms with Crippen molar-refractivity contribution in [2.24, 2.45) is 0 Å². The first kappa shape index (κ1) is 9.98. The van der Waals surface area contributed by atoms with Crippen LogP contribution in [0.3, 0.4) is 0 Å². The van der Waals surface area contributed by atoms with E-state index in [-0.39, 0.29) is 18.5 Å². The number of imide groups is 1. The summed E-state index contributed by atoms with van der Waals surface area (Å²) in [5.74, 6) is -0.295. The van der Waals surface area contributed by atoms with Gasteiger partial charge >= 0.3 is 6.03 Å². The number of hydrogen-bond acceptors (Lipinski definition) is 3. The minimum absolute atomic E-state index is 0.295. The van der Waals surface area contributed by atoms with Crippen LogP contribution in [0.4, 0.5) is 4.79 Å². The average molecular weight is 186 g/mol. The Labute approximate surface area is 76.9 Å². The molecule has 0 aromatic rings. The van der Waals surface area contributed by atoms with Crippen LogP contribution < -0.4 is 0 Å². The van der Waals surface area contributed by atoms with Crippen molar-refractivity contribution in [3.05, 3.63) is 0 Å². The van der Waals surface area contributed by atoms with Gasteiger partial charge in [-0.3, -0.25) is 9.69 Å². The molecule has 1 aliphatic rings. The molecule has 0 saturated carbocycles. The number of carbonyl (C=O) groups is 2. The standard InChI is InChI=1S/C8H14N2O3/c1-3-9-6(5-11)7(12)10(4-2)8(9)13/h6,11H,3-5H2,1-2H3. The van der Waals surface area contributed by atoms with Crippen LogP contribution in [0.15, 0.2) is 0 Å². The number of nitrogens with zero attached hydrogens (tertiary/aromatic N) is 2. The van der Waals surface area contributed by atoms with Gasteiger partial charge in [-0.05, 0) is 13.8 Å². The zero-order valence-electron chi connectivity index (χ0n) is 7.86. The van der Waals surface area contributed by atoms with Gasteiger partial charge in [0, 0.05) is 13.1 Å². The Balaban J connectivity index is 2.88. The predicted molar refractivity (Wildman–Crippen MR) is 46.0 cm³/mol. The van der Waals surface area contributed by atoms with Crippen molar-refractivity contribution < 1.29 is 14.7 Å². The fourth-order valence-corrected chi connectivity index (χ4v) is 1.52. The molecule has 1 rings (SSSR count). The van der Waals surface area contributed by atoms with Crippen molar-refractivity contribution in [2.45, 2.75) is 19.9 Å². The van der Waals surface area contributed by atoms with E-state index in [1.54, 1.807) is 13.8 Å². The van der Waals surface area contributed by atoms with E-state index < -0.39 is 6.04 Å². The molecular weight excluding hydrogens is 172 g/mol. The SMILES string of the molecule is CCN1C(=O)C(CO)N(CC)C1=O. The zero-order chi connectivity index (χ0) is 10.0. The number of amides is 3. The van der Waals surface area contributed by atoms with E-state index in [0.717, 1.165) is 4.90 Å². The lowest BCUT2D eigenvalue weighted by Gasteiger charge is -2.17. The summed E-state index contributed by atoms with van der Waals surface area (Å²) in [7, 11) is 0. The number of urea groups is 1. The van der Waals surface area contributed by atoms with Crippen LogP contribution in [0.2, 0.25) is 0 Å². The molecule has 1 saturated heterocycles. The maximum atomic E-state index is 11.5. The second-order valence-corrected chi connectivity index (χ2v) is 2.85. The highest BCUT2D eigenvalue weighted by Gasteiger charge is 2.42. The van der Waals surface area contributed by atoms with E-state index >= 15 is 0 Å². The summed E-state index contributed by atoms with van der Waals surface area (Å²) in [5, 5.41) is 8.93. The number of aliphatic hydroxyl groups is 1. The minimum atomic E-state index is -0.669. The number of carbonyl (C=O) groups excluding carboxylic acids is 2. The summed E-state index contributed by atoms with van der Waals surface area (Å²) in [4.78, 5) is 25.5. The lowest BCUT2D eigenvalue weighted by Crippen LogP contribution is -2.37. The topological polar surface area (TPSA) is 60.9 Å². The van der Waals surface area contributed by atoms with Crippen molar-refractivity contribution in [1.82, 2.24) is 9.80 Å². The second kappa shape index (κ2) is 3.74. The molecule has 5 heteroatoms. The predicted octanol–water partition coefficient (Wildman–Crippen LogP) is -0.349. The summed E-state index contributed by atoms with van der Waals surface area (Å²) in [5.41, 5.74) is 0. The van der Waals surface area contributed by atoms with Crippen LogP contribution in [0.5, 0.6) is 0 Å². The quantitative estimate of drug-likeness (QED) is 0.613. The first-order valence-electron chi connectivity index (χ1n) is 4.40. The molecule has 13 heavy (non-hydrogen) atoms. The number of aliphatic hydroxyl groups excluding tert-OH is 1. The van der Waals surface area contributed by atoms with Gasteiger partial charge in [0.05, 0.1) is 6.61 Å². The van der Waals surface area contributed by atoms with Gasteiger partial charge in [-0.2, -0.15) is 0 Å². The van der Waals surface area contributed by atoms with Gasteiger partial charge in [-0.1, -0.05) is 0 Å². The van der Waals surface area contributed by atoms with Crippen LogP contribution in [0.25, 0.3) is 0 Å². The smallest absolute Gasteiger partial charge is 0.327 e. The number of rotatable bonds is 3. The highest BCUT2D eigenvalue weighted by molar-refractivity contribution is 6.04. The van der Waals surface area contributed by atoms with E-state index in [4.69, 9.17) is 5.11 Å². The number of hydrogen-bond donors (Lipinski definition) is 1. The molecule has 1 atom stereocenters. The van der Waals surface area contributed by atoms with Crippen LogP contribution in [-0.4, -0.2) is 52.6 Å². The molecule has 0 aliphatic carbocycles. The molecule has 3 amide bonds. The molecule has 0 spiro atoms. The van der Waals surface area contributed by atoms with Gasteiger partial charge in [-0.15, -0.1) is 0 Å². The molecule has 0 aromatic heterocycles. The lowest BCUT2D eigenvalue weighted by atomic mass is 10.3. The first-order chi connectivity index (χ1) is 6.17. The molecule has 1 fully saturated rings. The van der Waals surface area contributed by atoms with E-state index in [0.29, 0.717) is 13.1 Å². The average Bonchev–Trinajstić information content (AvgIpc) is 2.36. The van der Waals surface area contributed by atoms with Gasteiger partial charge < -0.3 is 10.0 Å². The third-order valence-electron chi connectivity index (χ3n) is 2.23. The van der Waals surface area contributed by atoms with Crippen LogP contribution in [-0.2, 0) is 4.79 Å². The normalized spacial score (nSPS) is 23.2. The second-order valence-electron chi connectivity index (χ2n) is 2.85. The van der Waals surface area contributed by atoms with Gasteiger partial charge in [0.15, 0.2) is 0 Å². The molecular formula is C8H14N2O3. The van der Waals surface area contributed by atoms with Gasteiger partial charge in [0.2, 0.25) is 0 Å². The lowest BCUT2D eigenvalue weighted by molar-refractivity contribution is -0.129. The molecule has 5 nitrogen and oxygen atoms in total. The fraction of sp³-hybridized carbons (Fsp3) is 0.750. The van der Waals surface area contributed by atoms with Gasteiger partial charge in [0.25, 0.3) is 5.91 Å². The largest absolute Gasteiger partial charge is 0.394 e. The fourth-order valence-electron chi connectivity index (χ4n) is 1.52. The van der Waals surface area contributed by atoms with Crippen molar-refractivity contribution in [3.8, 4) is 0 Å². The highest BCUT2D eigenvalue weighted by atomic mass is 16.3. The molecule has 1 N–H and O–H groups in total. The summed E-state index contributed by atoms with van der Waals surface area (Å²) in [6, 6.07) is -0.966. The van der Waals surface area contributed by atoms with Crippen molar-refractivity contribution in [2.75, 3.05) is 19.7 Å². The maximum Gasteiger partial charge on any atom is 0.327 e. The van der Waals surface area contributed by atoms with Crippen LogP contribution in [0, 0.1) is 0 Å². The molecule has 74 valence electrons. The third-order valence-corrected chi connectivity index (χ3v) is 2.23. The summed E-state index contributed by atoms with van der Waals surface area (Å²) in [6.45, 7) is 4.04. The van der Waals surface area contributed by atoms with E-state index in [2.05, 4.69) is 0 Å². The molecule has 1 heterocycles. The Kier molecular flexibility index (Phi) is 2.87. The van der Waals surface area contributed by atoms with E-state index in [1.165, 1.54) is 4.90 Å². The van der Waals surface area contributed by atoms with E-state index in [9.17, 15) is 9.59 Å².